The zero-order chi connectivity index (χ0) is 26.1. The fourth-order valence-electron chi connectivity index (χ4n) is 4.05. The van der Waals surface area contributed by atoms with Gasteiger partial charge in [0.25, 0.3) is 0 Å². The summed E-state index contributed by atoms with van der Waals surface area (Å²) < 4.78 is 78.6. The van der Waals surface area contributed by atoms with Crippen molar-refractivity contribution in [2.45, 2.75) is 36.2 Å². The summed E-state index contributed by atoms with van der Waals surface area (Å²) in [4.78, 5) is 12.7. The average Bonchev–Trinajstić information content (AvgIpc) is 3.25. The lowest BCUT2D eigenvalue weighted by molar-refractivity contribution is -0.137. The van der Waals surface area contributed by atoms with Gasteiger partial charge in [0, 0.05) is 19.5 Å². The lowest BCUT2D eigenvalue weighted by atomic mass is 10.0. The van der Waals surface area contributed by atoms with Gasteiger partial charge in [0.2, 0.25) is 15.9 Å². The SMILES string of the molecule is O=C(NCc1cccc(-c2ccc(C(F)(F)F)cc2)c1)[C@@H]1C[C@H](O)CN1S(=O)(=O)c1ccc(F)cc1. The van der Waals surface area contributed by atoms with Crippen LogP contribution in [-0.4, -0.2) is 42.4 Å². The van der Waals surface area contributed by atoms with E-state index in [0.717, 1.165) is 40.7 Å². The predicted octanol–water partition coefficient (Wildman–Crippen LogP) is 3.95. The van der Waals surface area contributed by atoms with Gasteiger partial charge in [-0.2, -0.15) is 17.5 Å². The van der Waals surface area contributed by atoms with Crippen molar-refractivity contribution >= 4 is 15.9 Å². The molecule has 2 atom stereocenters. The molecule has 0 unspecified atom stereocenters. The molecule has 1 saturated heterocycles. The van der Waals surface area contributed by atoms with Gasteiger partial charge in [-0.05, 0) is 59.2 Å². The molecular weight excluding hydrogens is 500 g/mol. The Morgan fingerprint density at radius 1 is 1.00 bits per heavy atom. The van der Waals surface area contributed by atoms with Gasteiger partial charge < -0.3 is 10.4 Å². The summed E-state index contributed by atoms with van der Waals surface area (Å²) in [6, 6.07) is 14.6. The first-order chi connectivity index (χ1) is 16.9. The molecule has 1 heterocycles. The highest BCUT2D eigenvalue weighted by molar-refractivity contribution is 7.89. The van der Waals surface area contributed by atoms with Crippen LogP contribution in [0.3, 0.4) is 0 Å². The standard InChI is InChI=1S/C25H22F4N2O4S/c26-20-8-10-22(11-9-20)36(34,35)31-15-21(32)13-23(31)24(33)30-14-16-2-1-3-18(12-16)17-4-6-19(7-5-17)25(27,28)29/h1-12,21,23,32H,13-15H2,(H,30,33)/t21-,23-/m0/s1. The molecule has 3 aromatic carbocycles. The largest absolute Gasteiger partial charge is 0.416 e. The predicted molar refractivity (Wildman–Crippen MR) is 123 cm³/mol. The maximum atomic E-state index is 13.2. The van der Waals surface area contributed by atoms with E-state index in [1.54, 1.807) is 24.3 Å². The molecule has 0 bridgehead atoms. The zero-order valence-electron chi connectivity index (χ0n) is 18.7. The normalized spacial score (nSPS) is 18.8. The Hall–Kier alpha value is -3.28. The number of alkyl halides is 3. The van der Waals surface area contributed by atoms with E-state index in [0.29, 0.717) is 16.7 Å². The summed E-state index contributed by atoms with van der Waals surface area (Å²) in [6.07, 6.45) is -5.58. The van der Waals surface area contributed by atoms with Crippen LogP contribution in [0.5, 0.6) is 0 Å². The van der Waals surface area contributed by atoms with Gasteiger partial charge >= 0.3 is 6.18 Å². The summed E-state index contributed by atoms with van der Waals surface area (Å²) in [6.45, 7) is -0.245. The fourth-order valence-corrected chi connectivity index (χ4v) is 5.69. The monoisotopic (exact) mass is 522 g/mol. The molecule has 36 heavy (non-hydrogen) atoms. The van der Waals surface area contributed by atoms with Gasteiger partial charge in [-0.25, -0.2) is 12.8 Å². The number of β-amino-alcohol motifs (C(OH)–C–C–N with tert-alkyl or cyclic N) is 1. The number of rotatable bonds is 6. The van der Waals surface area contributed by atoms with Crippen LogP contribution in [0.25, 0.3) is 11.1 Å². The number of halogens is 4. The number of carbonyl (C=O) groups is 1. The quantitative estimate of drug-likeness (QED) is 0.480. The van der Waals surface area contributed by atoms with Crippen molar-refractivity contribution in [3.63, 3.8) is 0 Å². The number of aliphatic hydroxyl groups excluding tert-OH is 1. The molecule has 1 fully saturated rings. The highest BCUT2D eigenvalue weighted by atomic mass is 32.2. The third-order valence-electron chi connectivity index (χ3n) is 5.90. The number of benzene rings is 3. The Bertz CT molecular complexity index is 1340. The Labute approximate surface area is 205 Å². The summed E-state index contributed by atoms with van der Waals surface area (Å²) in [5.74, 6) is -1.22. The van der Waals surface area contributed by atoms with Gasteiger partial charge in [-0.1, -0.05) is 30.3 Å². The highest BCUT2D eigenvalue weighted by Crippen LogP contribution is 2.31. The first-order valence-electron chi connectivity index (χ1n) is 10.9. The van der Waals surface area contributed by atoms with Crippen molar-refractivity contribution in [2.75, 3.05) is 6.54 Å². The van der Waals surface area contributed by atoms with Crippen LogP contribution in [0.2, 0.25) is 0 Å². The number of hydrogen-bond donors (Lipinski definition) is 2. The molecule has 6 nitrogen and oxygen atoms in total. The van der Waals surface area contributed by atoms with E-state index in [1.165, 1.54) is 12.1 Å². The number of amides is 1. The second-order valence-corrected chi connectivity index (χ2v) is 10.3. The van der Waals surface area contributed by atoms with Gasteiger partial charge in [-0.15, -0.1) is 0 Å². The van der Waals surface area contributed by atoms with Crippen molar-refractivity contribution in [1.82, 2.24) is 9.62 Å². The van der Waals surface area contributed by atoms with Gasteiger partial charge in [0.05, 0.1) is 16.6 Å². The number of aliphatic hydroxyl groups is 1. The molecule has 4 rings (SSSR count). The Balaban J connectivity index is 1.46. The minimum atomic E-state index is -4.43. The van der Waals surface area contributed by atoms with Crippen molar-refractivity contribution in [1.29, 1.82) is 0 Å². The smallest absolute Gasteiger partial charge is 0.392 e. The van der Waals surface area contributed by atoms with Crippen molar-refractivity contribution in [3.8, 4) is 11.1 Å². The maximum absolute atomic E-state index is 13.2. The second-order valence-electron chi connectivity index (χ2n) is 8.43. The molecule has 11 heteroatoms. The molecular formula is C25H22F4N2O4S. The average molecular weight is 523 g/mol. The molecule has 1 aliphatic heterocycles. The third-order valence-corrected chi connectivity index (χ3v) is 7.78. The fraction of sp³-hybridized carbons (Fsp3) is 0.240. The van der Waals surface area contributed by atoms with E-state index >= 15 is 0 Å². The van der Waals surface area contributed by atoms with Crippen LogP contribution in [-0.2, 0) is 27.5 Å². The molecule has 0 aliphatic carbocycles. The number of sulfonamides is 1. The number of nitrogens with zero attached hydrogens (tertiary/aromatic N) is 1. The highest BCUT2D eigenvalue weighted by Gasteiger charge is 2.43. The Kier molecular flexibility index (Phi) is 7.17. The summed E-state index contributed by atoms with van der Waals surface area (Å²) in [5.41, 5.74) is 1.10. The number of hydrogen-bond acceptors (Lipinski definition) is 4. The molecule has 0 spiro atoms. The molecule has 2 N–H and O–H groups in total. The molecule has 1 aliphatic rings. The summed E-state index contributed by atoms with van der Waals surface area (Å²) >= 11 is 0. The van der Waals surface area contributed by atoms with E-state index in [4.69, 9.17) is 0 Å². The van der Waals surface area contributed by atoms with E-state index in [1.807, 2.05) is 0 Å². The zero-order valence-corrected chi connectivity index (χ0v) is 19.6. The minimum absolute atomic E-state index is 0.0321. The molecule has 190 valence electrons. The molecule has 0 aromatic heterocycles. The topological polar surface area (TPSA) is 86.7 Å². The van der Waals surface area contributed by atoms with Crippen LogP contribution in [0.4, 0.5) is 17.6 Å². The molecule has 1 amide bonds. The third kappa shape index (κ3) is 5.58. The first kappa shape index (κ1) is 25.8. The Morgan fingerprint density at radius 3 is 2.31 bits per heavy atom. The van der Waals surface area contributed by atoms with Crippen molar-refractivity contribution in [2.24, 2.45) is 0 Å². The van der Waals surface area contributed by atoms with Crippen LogP contribution in [0.15, 0.2) is 77.7 Å². The second kappa shape index (κ2) is 10.00. The first-order valence-corrected chi connectivity index (χ1v) is 12.4. The molecule has 0 saturated carbocycles. The lowest BCUT2D eigenvalue weighted by Gasteiger charge is -2.23. The lowest BCUT2D eigenvalue weighted by Crippen LogP contribution is -2.45. The summed E-state index contributed by atoms with van der Waals surface area (Å²) in [5, 5.41) is 12.7. The molecule has 3 aromatic rings. The van der Waals surface area contributed by atoms with Gasteiger partial charge in [0.1, 0.15) is 11.9 Å². The van der Waals surface area contributed by atoms with E-state index in [-0.39, 0.29) is 24.4 Å². The summed E-state index contributed by atoms with van der Waals surface area (Å²) in [7, 11) is -4.16. The van der Waals surface area contributed by atoms with Crippen LogP contribution < -0.4 is 5.32 Å². The Morgan fingerprint density at radius 2 is 1.67 bits per heavy atom. The van der Waals surface area contributed by atoms with Crippen LogP contribution in [0, 0.1) is 5.82 Å². The van der Waals surface area contributed by atoms with Gasteiger partial charge in [0.15, 0.2) is 0 Å². The van der Waals surface area contributed by atoms with Crippen molar-refractivity contribution in [3.05, 3.63) is 89.7 Å². The van der Waals surface area contributed by atoms with E-state index in [2.05, 4.69) is 5.32 Å². The van der Waals surface area contributed by atoms with Crippen LogP contribution in [0.1, 0.15) is 17.5 Å². The number of carbonyl (C=O) groups excluding carboxylic acids is 1. The van der Waals surface area contributed by atoms with Crippen molar-refractivity contribution < 1.29 is 35.9 Å². The van der Waals surface area contributed by atoms with E-state index < -0.39 is 45.6 Å². The maximum Gasteiger partial charge on any atom is 0.416 e. The molecule has 0 radical (unpaired) electrons. The van der Waals surface area contributed by atoms with E-state index in [9.17, 15) is 35.9 Å². The van der Waals surface area contributed by atoms with Gasteiger partial charge in [-0.3, -0.25) is 4.79 Å². The minimum Gasteiger partial charge on any atom is -0.392 e. The van der Waals surface area contributed by atoms with Crippen LogP contribution >= 0.6 is 0 Å². The number of nitrogens with one attached hydrogen (secondary N) is 1.